The van der Waals surface area contributed by atoms with Gasteiger partial charge < -0.3 is 10.4 Å². The van der Waals surface area contributed by atoms with Crippen LogP contribution in [0, 0.1) is 46.3 Å². The normalized spacial score (nSPS) is 35.3. The van der Waals surface area contributed by atoms with E-state index in [1.54, 1.807) is 0 Å². The molecule has 1 unspecified atom stereocenters. The molecule has 0 aromatic heterocycles. The highest BCUT2D eigenvalue weighted by atomic mass is 32.2. The molecule has 2 aromatic carbocycles. The lowest BCUT2D eigenvalue weighted by atomic mass is 9.43. The number of aliphatic hydroxyl groups excluding tert-OH is 1. The molecular formula is C40H58N2O5S. The molecule has 0 radical (unpaired) electrons. The highest BCUT2D eigenvalue weighted by Crippen LogP contribution is 2.69. The average Bonchev–Trinajstić information content (AvgIpc) is 3.41. The zero-order valence-electron chi connectivity index (χ0n) is 29.3. The van der Waals surface area contributed by atoms with E-state index in [4.69, 9.17) is 4.55 Å². The molecule has 4 fully saturated rings. The zero-order valence-corrected chi connectivity index (χ0v) is 30.1. The van der Waals surface area contributed by atoms with Crippen LogP contribution in [0.4, 0.5) is 0 Å². The Morgan fingerprint density at radius 1 is 0.896 bits per heavy atom. The lowest BCUT2D eigenvalue weighted by Crippen LogP contribution is -2.62. The Bertz CT molecular complexity index is 1450. The van der Waals surface area contributed by atoms with Crippen LogP contribution in [0.2, 0.25) is 0 Å². The molecule has 0 spiro atoms. The summed E-state index contributed by atoms with van der Waals surface area (Å²) in [5.41, 5.74) is 3.18. The second kappa shape index (κ2) is 14.5. The van der Waals surface area contributed by atoms with Gasteiger partial charge in [0.1, 0.15) is 0 Å². The van der Waals surface area contributed by atoms with Gasteiger partial charge in [0.25, 0.3) is 10.1 Å². The maximum absolute atomic E-state index is 12.6. The Balaban J connectivity index is 1.27. The van der Waals surface area contributed by atoms with Crippen molar-refractivity contribution >= 4 is 16.0 Å². The van der Waals surface area contributed by atoms with Crippen LogP contribution in [-0.2, 0) is 28.0 Å². The molecular weight excluding hydrogens is 621 g/mol. The van der Waals surface area contributed by atoms with Crippen molar-refractivity contribution in [2.45, 2.75) is 110 Å². The van der Waals surface area contributed by atoms with E-state index in [-0.39, 0.29) is 29.4 Å². The smallest absolute Gasteiger partial charge is 0.266 e. The van der Waals surface area contributed by atoms with Crippen LogP contribution in [0.1, 0.15) is 96.1 Å². The number of amides is 1. The van der Waals surface area contributed by atoms with Crippen molar-refractivity contribution in [1.82, 2.24) is 10.2 Å². The van der Waals surface area contributed by atoms with E-state index >= 15 is 0 Å². The number of aliphatic hydroxyl groups is 1. The van der Waals surface area contributed by atoms with Crippen LogP contribution in [0.15, 0.2) is 60.7 Å². The summed E-state index contributed by atoms with van der Waals surface area (Å²) in [6.45, 7) is 9.26. The molecule has 4 aliphatic rings. The van der Waals surface area contributed by atoms with Gasteiger partial charge in [0.15, 0.2) is 0 Å². The number of hydrogen-bond acceptors (Lipinski definition) is 5. The van der Waals surface area contributed by atoms with Gasteiger partial charge in [0, 0.05) is 32.1 Å². The first-order valence-corrected chi connectivity index (χ1v) is 20.2. The summed E-state index contributed by atoms with van der Waals surface area (Å²) in [7, 11) is -4.09. The Labute approximate surface area is 289 Å². The van der Waals surface area contributed by atoms with E-state index in [2.05, 4.69) is 91.7 Å². The summed E-state index contributed by atoms with van der Waals surface area (Å²) in [5.74, 6) is 2.73. The predicted octanol–water partition coefficient (Wildman–Crippen LogP) is 7.11. The van der Waals surface area contributed by atoms with Crippen molar-refractivity contribution in [1.29, 1.82) is 0 Å². The van der Waals surface area contributed by atoms with Crippen LogP contribution < -0.4 is 5.32 Å². The SMILES string of the molecule is C[C@H](CCC(=O)NCCS(=O)(=O)O)[C@H]1CC[C@H]2[C@@H]3[C@@H](N(Cc4ccccc4)Cc4ccccc4)CC4C[C@H](O)CC[C@]4(C)[C@H]3CC[C@]12C. The summed E-state index contributed by atoms with van der Waals surface area (Å²) in [6, 6.07) is 22.3. The molecule has 0 heterocycles. The highest BCUT2D eigenvalue weighted by molar-refractivity contribution is 7.85. The minimum atomic E-state index is -4.09. The maximum atomic E-state index is 12.6. The van der Waals surface area contributed by atoms with Gasteiger partial charge in [0.05, 0.1) is 11.9 Å². The maximum Gasteiger partial charge on any atom is 0.266 e. The molecule has 2 aromatic rings. The summed E-state index contributed by atoms with van der Waals surface area (Å²) >= 11 is 0. The number of carbonyl (C=O) groups is 1. The molecule has 264 valence electrons. The molecule has 0 saturated heterocycles. The van der Waals surface area contributed by atoms with Crippen LogP contribution in [0.5, 0.6) is 0 Å². The van der Waals surface area contributed by atoms with Gasteiger partial charge in [-0.05, 0) is 115 Å². The van der Waals surface area contributed by atoms with Crippen LogP contribution in [0.25, 0.3) is 0 Å². The number of hydrogen-bond donors (Lipinski definition) is 3. The fraction of sp³-hybridized carbons (Fsp3) is 0.675. The fourth-order valence-corrected chi connectivity index (χ4v) is 11.8. The van der Waals surface area contributed by atoms with Crippen molar-refractivity contribution in [3.05, 3.63) is 71.8 Å². The molecule has 48 heavy (non-hydrogen) atoms. The van der Waals surface area contributed by atoms with Gasteiger partial charge >= 0.3 is 0 Å². The Kier molecular flexibility index (Phi) is 10.8. The summed E-state index contributed by atoms with van der Waals surface area (Å²) in [5, 5.41) is 13.6. The molecule has 4 aliphatic carbocycles. The number of nitrogens with one attached hydrogen (secondary N) is 1. The van der Waals surface area contributed by atoms with E-state index in [0.717, 1.165) is 45.2 Å². The zero-order chi connectivity index (χ0) is 34.1. The average molecular weight is 679 g/mol. The van der Waals surface area contributed by atoms with E-state index in [0.29, 0.717) is 48.0 Å². The van der Waals surface area contributed by atoms with Crippen molar-refractivity contribution < 1.29 is 22.9 Å². The predicted molar refractivity (Wildman–Crippen MR) is 190 cm³/mol. The molecule has 8 heteroatoms. The van der Waals surface area contributed by atoms with E-state index < -0.39 is 15.9 Å². The Morgan fingerprint density at radius 2 is 1.50 bits per heavy atom. The third-order valence-electron chi connectivity index (χ3n) is 13.9. The monoisotopic (exact) mass is 678 g/mol. The van der Waals surface area contributed by atoms with Crippen molar-refractivity contribution in [3.63, 3.8) is 0 Å². The highest BCUT2D eigenvalue weighted by Gasteiger charge is 2.63. The Hall–Kier alpha value is -2.26. The molecule has 6 rings (SSSR count). The first-order chi connectivity index (χ1) is 22.9. The quantitative estimate of drug-likeness (QED) is 0.207. The molecule has 10 atom stereocenters. The molecule has 3 N–H and O–H groups in total. The molecule has 0 aliphatic heterocycles. The van der Waals surface area contributed by atoms with Crippen molar-refractivity contribution in [2.24, 2.45) is 46.3 Å². The standard InChI is InChI=1S/C40H58N2O5S/c1-28(14-17-37(44)41-22-23-48(45,46)47)33-15-16-34-38-35(19-21-40(33,34)3)39(2)20-18-32(43)24-31(39)25-36(38)42(26-29-10-6-4-7-11-29)27-30-12-8-5-9-13-30/h4-13,28,31-36,38,43H,14-27H2,1-3H3,(H,41,44)(H,45,46,47)/t28-,31?,32-,33-,34+,35+,36+,38+,39+,40-/m1/s1. The number of nitrogens with zero attached hydrogens (tertiary/aromatic N) is 1. The van der Waals surface area contributed by atoms with Crippen LogP contribution in [0.3, 0.4) is 0 Å². The van der Waals surface area contributed by atoms with Crippen molar-refractivity contribution in [3.8, 4) is 0 Å². The minimum absolute atomic E-state index is 0.0566. The Morgan fingerprint density at radius 3 is 2.12 bits per heavy atom. The molecule has 1 amide bonds. The second-order valence-electron chi connectivity index (χ2n) is 16.5. The first-order valence-electron chi connectivity index (χ1n) is 18.6. The first kappa shape index (κ1) is 35.6. The largest absolute Gasteiger partial charge is 0.393 e. The molecule has 7 nitrogen and oxygen atoms in total. The van der Waals surface area contributed by atoms with Gasteiger partial charge in [-0.3, -0.25) is 14.2 Å². The summed E-state index contributed by atoms with van der Waals surface area (Å²) in [4.78, 5) is 15.4. The minimum Gasteiger partial charge on any atom is -0.393 e. The van der Waals surface area contributed by atoms with E-state index in [9.17, 15) is 18.3 Å². The van der Waals surface area contributed by atoms with E-state index in [1.165, 1.54) is 36.8 Å². The van der Waals surface area contributed by atoms with Gasteiger partial charge in [-0.1, -0.05) is 81.4 Å². The topological polar surface area (TPSA) is 107 Å². The van der Waals surface area contributed by atoms with Crippen LogP contribution >= 0.6 is 0 Å². The van der Waals surface area contributed by atoms with Gasteiger partial charge in [-0.2, -0.15) is 8.42 Å². The second-order valence-corrected chi connectivity index (χ2v) is 18.1. The lowest BCUT2D eigenvalue weighted by Gasteiger charge is -2.64. The lowest BCUT2D eigenvalue weighted by molar-refractivity contribution is -0.163. The third kappa shape index (κ3) is 7.57. The van der Waals surface area contributed by atoms with Gasteiger partial charge in [-0.25, -0.2) is 0 Å². The van der Waals surface area contributed by atoms with Gasteiger partial charge in [-0.15, -0.1) is 0 Å². The van der Waals surface area contributed by atoms with Gasteiger partial charge in [0.2, 0.25) is 5.91 Å². The van der Waals surface area contributed by atoms with Crippen molar-refractivity contribution in [2.75, 3.05) is 12.3 Å². The summed E-state index contributed by atoms with van der Waals surface area (Å²) in [6.07, 6.45) is 9.98. The third-order valence-corrected chi connectivity index (χ3v) is 14.6. The number of benzene rings is 2. The number of rotatable bonds is 12. The molecule has 0 bridgehead atoms. The number of carbonyl (C=O) groups excluding carboxylic acids is 1. The molecule has 4 saturated carbocycles. The fourth-order valence-electron chi connectivity index (χ4n) is 11.5. The number of fused-ring (bicyclic) bond motifs is 5. The van der Waals surface area contributed by atoms with Crippen LogP contribution in [-0.4, -0.2) is 53.3 Å². The van der Waals surface area contributed by atoms with E-state index in [1.807, 2.05) is 0 Å². The summed E-state index contributed by atoms with van der Waals surface area (Å²) < 4.78 is 31.2.